The van der Waals surface area contributed by atoms with Crippen LogP contribution in [0.2, 0.25) is 0 Å². The van der Waals surface area contributed by atoms with Gasteiger partial charge in [0.2, 0.25) is 0 Å². The smallest absolute Gasteiger partial charge is 0.149 e. The van der Waals surface area contributed by atoms with Crippen LogP contribution in [0.4, 0.5) is 0 Å². The summed E-state index contributed by atoms with van der Waals surface area (Å²) in [6.07, 6.45) is 0. The summed E-state index contributed by atoms with van der Waals surface area (Å²) in [5.41, 5.74) is 1.76. The molecule has 0 unspecified atom stereocenters. The van der Waals surface area contributed by atoms with Gasteiger partial charge in [0.1, 0.15) is 5.76 Å². The summed E-state index contributed by atoms with van der Waals surface area (Å²) in [5.74, 6) is 6.64. The molecule has 11 heavy (non-hydrogen) atoms. The number of aryl methyl sites for hydroxylation is 2. The molecule has 1 heterocycles. The Morgan fingerprint density at radius 3 is 2.73 bits per heavy atom. The molecule has 0 aromatic carbocycles. The van der Waals surface area contributed by atoms with Crippen molar-refractivity contribution >= 4 is 15.9 Å². The minimum Gasteiger partial charge on any atom is -0.360 e. The van der Waals surface area contributed by atoms with E-state index in [1.165, 1.54) is 0 Å². The molecule has 1 rings (SSSR count). The minimum atomic E-state index is 0.678. The summed E-state index contributed by atoms with van der Waals surface area (Å²) in [6, 6.07) is 0. The normalized spacial score (nSPS) is 9.00. The Hall–Kier alpha value is -0.750. The highest BCUT2D eigenvalue weighted by Gasteiger charge is 2.04. The largest absolute Gasteiger partial charge is 0.360 e. The lowest BCUT2D eigenvalue weighted by Gasteiger charge is -1.82. The van der Waals surface area contributed by atoms with Crippen LogP contribution in [0.15, 0.2) is 4.52 Å². The molecule has 0 aliphatic carbocycles. The topological polar surface area (TPSA) is 26.0 Å². The van der Waals surface area contributed by atoms with Crippen molar-refractivity contribution in [3.8, 4) is 11.8 Å². The number of aromatic nitrogens is 1. The molecule has 0 saturated heterocycles. The summed E-state index contributed by atoms with van der Waals surface area (Å²) in [5, 5.41) is 4.45. The first-order chi connectivity index (χ1) is 5.25. The first kappa shape index (κ1) is 8.35. The molecule has 0 aliphatic heterocycles. The Labute approximate surface area is 74.1 Å². The quantitative estimate of drug-likeness (QED) is 0.487. The number of alkyl halides is 1. The standard InChI is InChI=1S/C8H8BrNO/c1-6-8(4-3-5-9)7(2)11-10-6/h5H2,1-2H3. The molecule has 0 aliphatic rings. The third-order valence-corrected chi connectivity index (χ3v) is 1.59. The van der Waals surface area contributed by atoms with Crippen molar-refractivity contribution in [2.24, 2.45) is 0 Å². The van der Waals surface area contributed by atoms with Crippen LogP contribution in [0.1, 0.15) is 17.0 Å². The lowest BCUT2D eigenvalue weighted by molar-refractivity contribution is 0.393. The Bertz CT molecular complexity index is 286. The monoisotopic (exact) mass is 213 g/mol. The zero-order chi connectivity index (χ0) is 8.27. The van der Waals surface area contributed by atoms with E-state index in [4.69, 9.17) is 4.52 Å². The van der Waals surface area contributed by atoms with Crippen molar-refractivity contribution in [1.29, 1.82) is 0 Å². The van der Waals surface area contributed by atoms with Gasteiger partial charge in [0, 0.05) is 0 Å². The van der Waals surface area contributed by atoms with Crippen LogP contribution in [-0.2, 0) is 0 Å². The summed E-state index contributed by atoms with van der Waals surface area (Å²) in [7, 11) is 0. The maximum atomic E-state index is 4.92. The lowest BCUT2D eigenvalue weighted by Crippen LogP contribution is -1.78. The second kappa shape index (κ2) is 3.59. The van der Waals surface area contributed by atoms with E-state index in [0.29, 0.717) is 5.33 Å². The van der Waals surface area contributed by atoms with Gasteiger partial charge in [-0.05, 0) is 13.8 Å². The van der Waals surface area contributed by atoms with Gasteiger partial charge in [0.25, 0.3) is 0 Å². The van der Waals surface area contributed by atoms with Crippen molar-refractivity contribution in [3.05, 3.63) is 17.0 Å². The van der Waals surface area contributed by atoms with Gasteiger partial charge < -0.3 is 4.52 Å². The lowest BCUT2D eigenvalue weighted by atomic mass is 10.2. The Morgan fingerprint density at radius 1 is 1.55 bits per heavy atom. The Balaban J connectivity index is 3.01. The van der Waals surface area contributed by atoms with Crippen LogP contribution < -0.4 is 0 Å². The Kier molecular flexibility index (Phi) is 2.72. The zero-order valence-electron chi connectivity index (χ0n) is 6.44. The van der Waals surface area contributed by atoms with Crippen LogP contribution in [0.25, 0.3) is 0 Å². The number of rotatable bonds is 0. The van der Waals surface area contributed by atoms with Crippen molar-refractivity contribution in [2.45, 2.75) is 13.8 Å². The van der Waals surface area contributed by atoms with E-state index in [0.717, 1.165) is 17.0 Å². The molecule has 0 radical (unpaired) electrons. The Morgan fingerprint density at radius 2 is 2.27 bits per heavy atom. The maximum absolute atomic E-state index is 4.92. The van der Waals surface area contributed by atoms with Gasteiger partial charge in [-0.1, -0.05) is 32.9 Å². The molecular formula is C8H8BrNO. The first-order valence-electron chi connectivity index (χ1n) is 3.23. The molecule has 0 amide bonds. The average molecular weight is 214 g/mol. The molecule has 58 valence electrons. The van der Waals surface area contributed by atoms with E-state index in [2.05, 4.69) is 32.9 Å². The van der Waals surface area contributed by atoms with E-state index in [9.17, 15) is 0 Å². The maximum Gasteiger partial charge on any atom is 0.149 e. The molecule has 2 nitrogen and oxygen atoms in total. The molecule has 0 atom stereocenters. The van der Waals surface area contributed by atoms with Gasteiger partial charge in [-0.15, -0.1) is 0 Å². The number of hydrogen-bond acceptors (Lipinski definition) is 2. The average Bonchev–Trinajstić information content (AvgIpc) is 2.29. The highest BCUT2D eigenvalue weighted by atomic mass is 79.9. The summed E-state index contributed by atoms with van der Waals surface area (Å²) >= 11 is 3.22. The predicted octanol–water partition coefficient (Wildman–Crippen LogP) is 2.04. The second-order valence-corrected chi connectivity index (χ2v) is 2.70. The number of halogens is 1. The first-order valence-corrected chi connectivity index (χ1v) is 4.35. The number of nitrogens with zero attached hydrogens (tertiary/aromatic N) is 1. The molecular weight excluding hydrogens is 206 g/mol. The third kappa shape index (κ3) is 1.84. The summed E-state index contributed by atoms with van der Waals surface area (Å²) < 4.78 is 4.92. The molecule has 0 saturated carbocycles. The fourth-order valence-electron chi connectivity index (χ4n) is 0.783. The highest BCUT2D eigenvalue weighted by Crippen LogP contribution is 2.09. The number of hydrogen-bond donors (Lipinski definition) is 0. The van der Waals surface area contributed by atoms with E-state index < -0.39 is 0 Å². The van der Waals surface area contributed by atoms with E-state index in [-0.39, 0.29) is 0 Å². The van der Waals surface area contributed by atoms with Gasteiger partial charge in [-0.25, -0.2) is 0 Å². The van der Waals surface area contributed by atoms with Gasteiger partial charge >= 0.3 is 0 Å². The molecule has 3 heteroatoms. The summed E-state index contributed by atoms with van der Waals surface area (Å²) in [4.78, 5) is 0. The van der Waals surface area contributed by atoms with Crippen LogP contribution in [0, 0.1) is 25.7 Å². The minimum absolute atomic E-state index is 0.678. The van der Waals surface area contributed by atoms with Crippen molar-refractivity contribution < 1.29 is 4.52 Å². The summed E-state index contributed by atoms with van der Waals surface area (Å²) in [6.45, 7) is 3.74. The van der Waals surface area contributed by atoms with Gasteiger partial charge in [-0.3, -0.25) is 0 Å². The molecule has 0 fully saturated rings. The van der Waals surface area contributed by atoms with Gasteiger partial charge in [0.15, 0.2) is 0 Å². The predicted molar refractivity (Wildman–Crippen MR) is 46.6 cm³/mol. The van der Waals surface area contributed by atoms with E-state index >= 15 is 0 Å². The fourth-order valence-corrected chi connectivity index (χ4v) is 0.923. The van der Waals surface area contributed by atoms with Crippen molar-refractivity contribution in [3.63, 3.8) is 0 Å². The molecule has 0 N–H and O–H groups in total. The van der Waals surface area contributed by atoms with Crippen LogP contribution >= 0.6 is 15.9 Å². The van der Waals surface area contributed by atoms with Crippen LogP contribution in [0.5, 0.6) is 0 Å². The van der Waals surface area contributed by atoms with Crippen molar-refractivity contribution in [2.75, 3.05) is 5.33 Å². The molecule has 1 aromatic heterocycles. The van der Waals surface area contributed by atoms with Gasteiger partial charge in [-0.2, -0.15) is 0 Å². The SMILES string of the molecule is Cc1noc(C)c1C#CCBr. The molecule has 1 aromatic rings. The van der Waals surface area contributed by atoms with Crippen LogP contribution in [0.3, 0.4) is 0 Å². The van der Waals surface area contributed by atoms with E-state index in [1.54, 1.807) is 0 Å². The second-order valence-electron chi connectivity index (χ2n) is 2.13. The van der Waals surface area contributed by atoms with E-state index in [1.807, 2.05) is 13.8 Å². The fraction of sp³-hybridized carbons (Fsp3) is 0.375. The zero-order valence-corrected chi connectivity index (χ0v) is 8.03. The highest BCUT2D eigenvalue weighted by molar-refractivity contribution is 9.09. The molecule has 0 bridgehead atoms. The third-order valence-electron chi connectivity index (χ3n) is 1.31. The molecule has 0 spiro atoms. The van der Waals surface area contributed by atoms with Gasteiger partial charge in [0.05, 0.1) is 16.6 Å². The van der Waals surface area contributed by atoms with Crippen LogP contribution in [-0.4, -0.2) is 10.5 Å². The van der Waals surface area contributed by atoms with Crippen molar-refractivity contribution in [1.82, 2.24) is 5.16 Å².